The minimum Gasteiger partial charge on any atom is -0.390 e. The van der Waals surface area contributed by atoms with Gasteiger partial charge in [-0.25, -0.2) is 4.98 Å². The first kappa shape index (κ1) is 10.3. The predicted molar refractivity (Wildman–Crippen MR) is 55.9 cm³/mol. The zero-order valence-electron chi connectivity index (χ0n) is 8.90. The standard InChI is InChI=1S/C10H15N3O2/c1-6-7(2)12-5-13(10(6)15)8-3-11-4-9(8)14/h5,8-9,11,14H,3-4H2,1-2H3. The molecule has 1 aromatic rings. The maximum atomic E-state index is 11.9. The highest BCUT2D eigenvalue weighted by Gasteiger charge is 2.27. The summed E-state index contributed by atoms with van der Waals surface area (Å²) in [6.45, 7) is 4.72. The smallest absolute Gasteiger partial charge is 0.256 e. The van der Waals surface area contributed by atoms with Crippen molar-refractivity contribution in [3.8, 4) is 0 Å². The SMILES string of the molecule is Cc1ncn(C2CNCC2O)c(=O)c1C. The fraction of sp³-hybridized carbons (Fsp3) is 0.600. The normalized spacial score (nSPS) is 25.8. The van der Waals surface area contributed by atoms with Gasteiger partial charge >= 0.3 is 0 Å². The quantitative estimate of drug-likeness (QED) is 0.646. The number of aromatic nitrogens is 2. The average molecular weight is 209 g/mol. The Hall–Kier alpha value is -1.20. The van der Waals surface area contributed by atoms with Crippen molar-refractivity contribution in [2.45, 2.75) is 26.0 Å². The van der Waals surface area contributed by atoms with Crippen molar-refractivity contribution >= 4 is 0 Å². The van der Waals surface area contributed by atoms with Crippen LogP contribution < -0.4 is 10.9 Å². The van der Waals surface area contributed by atoms with Crippen LogP contribution in [0.5, 0.6) is 0 Å². The molecule has 2 atom stereocenters. The Morgan fingerprint density at radius 2 is 2.27 bits per heavy atom. The second kappa shape index (κ2) is 3.75. The van der Waals surface area contributed by atoms with Crippen LogP contribution >= 0.6 is 0 Å². The van der Waals surface area contributed by atoms with Crippen LogP contribution in [-0.4, -0.2) is 33.9 Å². The van der Waals surface area contributed by atoms with Crippen LogP contribution in [0.15, 0.2) is 11.1 Å². The van der Waals surface area contributed by atoms with E-state index in [2.05, 4.69) is 10.3 Å². The van der Waals surface area contributed by atoms with E-state index in [-0.39, 0.29) is 11.6 Å². The van der Waals surface area contributed by atoms with E-state index in [0.717, 1.165) is 5.69 Å². The second-order valence-electron chi connectivity index (χ2n) is 3.96. The Labute approximate surface area is 87.8 Å². The molecule has 1 saturated heterocycles. The molecule has 0 aromatic carbocycles. The van der Waals surface area contributed by atoms with Gasteiger partial charge in [0.25, 0.3) is 5.56 Å². The molecule has 0 radical (unpaired) electrons. The lowest BCUT2D eigenvalue weighted by molar-refractivity contribution is 0.148. The zero-order chi connectivity index (χ0) is 11.0. The van der Waals surface area contributed by atoms with Crippen molar-refractivity contribution in [3.05, 3.63) is 27.9 Å². The molecule has 5 heteroatoms. The first-order chi connectivity index (χ1) is 7.11. The van der Waals surface area contributed by atoms with Gasteiger partial charge in [0, 0.05) is 24.3 Å². The van der Waals surface area contributed by atoms with Crippen LogP contribution in [0, 0.1) is 13.8 Å². The molecule has 1 fully saturated rings. The molecule has 0 amide bonds. The zero-order valence-corrected chi connectivity index (χ0v) is 8.90. The predicted octanol–water partition coefficient (Wildman–Crippen LogP) is -0.635. The van der Waals surface area contributed by atoms with Gasteiger partial charge in [-0.3, -0.25) is 9.36 Å². The van der Waals surface area contributed by atoms with Gasteiger partial charge in [-0.15, -0.1) is 0 Å². The highest BCUT2D eigenvalue weighted by molar-refractivity contribution is 5.13. The summed E-state index contributed by atoms with van der Waals surface area (Å²) in [4.78, 5) is 16.0. The summed E-state index contributed by atoms with van der Waals surface area (Å²) in [6.07, 6.45) is 1.01. The third-order valence-electron chi connectivity index (χ3n) is 2.98. The van der Waals surface area contributed by atoms with Crippen LogP contribution in [0.25, 0.3) is 0 Å². The largest absolute Gasteiger partial charge is 0.390 e. The summed E-state index contributed by atoms with van der Waals surface area (Å²) in [5.74, 6) is 0. The van der Waals surface area contributed by atoms with Crippen molar-refractivity contribution in [2.24, 2.45) is 0 Å². The monoisotopic (exact) mass is 209 g/mol. The first-order valence-electron chi connectivity index (χ1n) is 5.04. The summed E-state index contributed by atoms with van der Waals surface area (Å²) in [6, 6.07) is -0.190. The topological polar surface area (TPSA) is 67.2 Å². The summed E-state index contributed by atoms with van der Waals surface area (Å²) in [7, 11) is 0. The molecule has 0 saturated carbocycles. The number of aryl methyl sites for hydroxylation is 1. The van der Waals surface area contributed by atoms with E-state index in [4.69, 9.17) is 0 Å². The molecule has 1 aliphatic heterocycles. The maximum Gasteiger partial charge on any atom is 0.256 e. The summed E-state index contributed by atoms with van der Waals surface area (Å²) < 4.78 is 1.52. The molecule has 0 aliphatic carbocycles. The second-order valence-corrected chi connectivity index (χ2v) is 3.96. The van der Waals surface area contributed by atoms with Gasteiger partial charge in [0.1, 0.15) is 0 Å². The minimum absolute atomic E-state index is 0.0600. The van der Waals surface area contributed by atoms with E-state index in [1.54, 1.807) is 6.92 Å². The van der Waals surface area contributed by atoms with Crippen molar-refractivity contribution in [2.75, 3.05) is 13.1 Å². The molecule has 2 heterocycles. The minimum atomic E-state index is -0.508. The van der Waals surface area contributed by atoms with E-state index in [1.807, 2.05) is 6.92 Å². The lowest BCUT2D eigenvalue weighted by Gasteiger charge is -2.17. The van der Waals surface area contributed by atoms with E-state index in [1.165, 1.54) is 10.9 Å². The Bertz CT molecular complexity index is 427. The van der Waals surface area contributed by atoms with E-state index < -0.39 is 6.10 Å². The number of aliphatic hydroxyl groups is 1. The molecule has 1 aliphatic rings. The van der Waals surface area contributed by atoms with Gasteiger partial charge in [-0.1, -0.05) is 0 Å². The first-order valence-corrected chi connectivity index (χ1v) is 5.04. The van der Waals surface area contributed by atoms with Crippen LogP contribution in [0.1, 0.15) is 17.3 Å². The van der Waals surface area contributed by atoms with E-state index in [0.29, 0.717) is 18.7 Å². The Kier molecular flexibility index (Phi) is 2.58. The van der Waals surface area contributed by atoms with Crippen molar-refractivity contribution in [1.29, 1.82) is 0 Å². The Morgan fingerprint density at radius 3 is 2.87 bits per heavy atom. The Balaban J connectivity index is 2.45. The maximum absolute atomic E-state index is 11.9. The van der Waals surface area contributed by atoms with Crippen molar-refractivity contribution in [1.82, 2.24) is 14.9 Å². The van der Waals surface area contributed by atoms with Gasteiger partial charge in [0.05, 0.1) is 18.5 Å². The van der Waals surface area contributed by atoms with E-state index in [9.17, 15) is 9.90 Å². The third-order valence-corrected chi connectivity index (χ3v) is 2.98. The molecule has 2 rings (SSSR count). The molecule has 0 spiro atoms. The summed E-state index contributed by atoms with van der Waals surface area (Å²) >= 11 is 0. The Morgan fingerprint density at radius 1 is 1.53 bits per heavy atom. The highest BCUT2D eigenvalue weighted by atomic mass is 16.3. The van der Waals surface area contributed by atoms with Gasteiger partial charge in [0.15, 0.2) is 0 Å². The number of hydrogen-bond donors (Lipinski definition) is 2. The number of β-amino-alcohol motifs (C(OH)–C–C–N with tert-alkyl or cyclic N) is 1. The van der Waals surface area contributed by atoms with Crippen LogP contribution in [0.3, 0.4) is 0 Å². The highest BCUT2D eigenvalue weighted by Crippen LogP contribution is 2.13. The van der Waals surface area contributed by atoms with E-state index >= 15 is 0 Å². The number of nitrogens with zero attached hydrogens (tertiary/aromatic N) is 2. The molecule has 0 bridgehead atoms. The molecule has 2 N–H and O–H groups in total. The van der Waals surface area contributed by atoms with Crippen LogP contribution in [-0.2, 0) is 0 Å². The van der Waals surface area contributed by atoms with Crippen LogP contribution in [0.4, 0.5) is 0 Å². The van der Waals surface area contributed by atoms with Gasteiger partial charge in [-0.2, -0.15) is 0 Å². The third kappa shape index (κ3) is 1.68. The lowest BCUT2D eigenvalue weighted by atomic mass is 10.2. The molecular weight excluding hydrogens is 194 g/mol. The average Bonchev–Trinajstić information content (AvgIpc) is 2.62. The van der Waals surface area contributed by atoms with Crippen molar-refractivity contribution in [3.63, 3.8) is 0 Å². The molecule has 82 valence electrons. The number of nitrogens with one attached hydrogen (secondary N) is 1. The number of rotatable bonds is 1. The fourth-order valence-corrected chi connectivity index (χ4v) is 1.82. The van der Waals surface area contributed by atoms with Crippen LogP contribution in [0.2, 0.25) is 0 Å². The summed E-state index contributed by atoms with van der Waals surface area (Å²) in [5, 5.41) is 12.7. The molecule has 1 aromatic heterocycles. The number of aliphatic hydroxyl groups excluding tert-OH is 1. The van der Waals surface area contributed by atoms with Gasteiger partial charge in [-0.05, 0) is 13.8 Å². The van der Waals surface area contributed by atoms with Crippen molar-refractivity contribution < 1.29 is 5.11 Å². The van der Waals surface area contributed by atoms with Gasteiger partial charge in [0.2, 0.25) is 0 Å². The van der Waals surface area contributed by atoms with Gasteiger partial charge < -0.3 is 10.4 Å². The molecule has 2 unspecified atom stereocenters. The number of hydrogen-bond acceptors (Lipinski definition) is 4. The summed E-state index contributed by atoms with van der Waals surface area (Å²) in [5.41, 5.74) is 1.34. The lowest BCUT2D eigenvalue weighted by Crippen LogP contribution is -2.33. The molecule has 15 heavy (non-hydrogen) atoms. The fourth-order valence-electron chi connectivity index (χ4n) is 1.82. The molecule has 5 nitrogen and oxygen atoms in total. The molecular formula is C10H15N3O2.